The second kappa shape index (κ2) is 8.98. The molecule has 1 unspecified atom stereocenters. The van der Waals surface area contributed by atoms with Crippen molar-refractivity contribution in [1.29, 1.82) is 0 Å². The fraction of sp³-hybridized carbons (Fsp3) is 0.692. The van der Waals surface area contributed by atoms with Gasteiger partial charge in [-0.05, 0) is 18.6 Å². The van der Waals surface area contributed by atoms with Crippen LogP contribution in [0.3, 0.4) is 0 Å². The standard InChI is InChI=1S/C13H25N5S/c1-4-6-7-10(5-2)9-15-11-8-12(18-14)17-13(16-11)19-3/h8,10H,4-7,9,14H2,1-3H3,(H2,15,16,17,18). The second-order valence-corrected chi connectivity index (χ2v) is 5.34. The Morgan fingerprint density at radius 1 is 1.32 bits per heavy atom. The van der Waals surface area contributed by atoms with E-state index in [0.717, 1.165) is 17.5 Å². The Kier molecular flexibility index (Phi) is 7.59. The fourth-order valence-corrected chi connectivity index (χ4v) is 2.25. The van der Waals surface area contributed by atoms with Crippen LogP contribution in [-0.2, 0) is 0 Å². The number of nitrogens with two attached hydrogens (primary N) is 1. The smallest absolute Gasteiger partial charge is 0.191 e. The Labute approximate surface area is 120 Å². The van der Waals surface area contributed by atoms with E-state index in [9.17, 15) is 0 Å². The molecule has 108 valence electrons. The first kappa shape index (κ1) is 16.0. The number of thioether (sulfide) groups is 1. The Balaban J connectivity index is 2.60. The summed E-state index contributed by atoms with van der Waals surface area (Å²) >= 11 is 1.51. The Hall–Kier alpha value is -1.01. The van der Waals surface area contributed by atoms with E-state index in [4.69, 9.17) is 5.84 Å². The topological polar surface area (TPSA) is 75.9 Å². The zero-order valence-corrected chi connectivity index (χ0v) is 12.9. The molecule has 0 fully saturated rings. The van der Waals surface area contributed by atoms with Crippen LogP contribution in [-0.4, -0.2) is 22.8 Å². The SMILES string of the molecule is CCCCC(CC)CNc1cc(NN)nc(SC)n1. The minimum atomic E-state index is 0.642. The summed E-state index contributed by atoms with van der Waals surface area (Å²) in [7, 11) is 0. The van der Waals surface area contributed by atoms with Gasteiger partial charge in [-0.15, -0.1) is 0 Å². The first-order valence-electron chi connectivity index (χ1n) is 6.87. The quantitative estimate of drug-likeness (QED) is 0.280. The summed E-state index contributed by atoms with van der Waals surface area (Å²) in [6.07, 6.45) is 6.95. The number of hydrazine groups is 1. The number of hydrogen-bond acceptors (Lipinski definition) is 6. The zero-order valence-electron chi connectivity index (χ0n) is 12.1. The molecular formula is C13H25N5S. The summed E-state index contributed by atoms with van der Waals surface area (Å²) in [5, 5.41) is 4.12. The lowest BCUT2D eigenvalue weighted by Crippen LogP contribution is -2.16. The van der Waals surface area contributed by atoms with Gasteiger partial charge in [-0.25, -0.2) is 15.8 Å². The molecule has 0 saturated carbocycles. The highest BCUT2D eigenvalue weighted by Gasteiger charge is 2.08. The molecule has 0 bridgehead atoms. The van der Waals surface area contributed by atoms with E-state index >= 15 is 0 Å². The fourth-order valence-electron chi connectivity index (χ4n) is 1.87. The van der Waals surface area contributed by atoms with Gasteiger partial charge in [0.2, 0.25) is 0 Å². The maximum absolute atomic E-state index is 5.41. The van der Waals surface area contributed by atoms with Crippen LogP contribution in [0.4, 0.5) is 11.6 Å². The summed E-state index contributed by atoms with van der Waals surface area (Å²) < 4.78 is 0. The largest absolute Gasteiger partial charge is 0.370 e. The molecule has 0 saturated heterocycles. The summed E-state index contributed by atoms with van der Waals surface area (Å²) in [6.45, 7) is 5.42. The first-order valence-corrected chi connectivity index (χ1v) is 8.09. The molecule has 0 radical (unpaired) electrons. The molecule has 0 aliphatic rings. The van der Waals surface area contributed by atoms with E-state index < -0.39 is 0 Å². The summed E-state index contributed by atoms with van der Waals surface area (Å²) in [5.41, 5.74) is 2.57. The van der Waals surface area contributed by atoms with Crippen LogP contribution in [0, 0.1) is 5.92 Å². The van der Waals surface area contributed by atoms with Gasteiger partial charge in [0.15, 0.2) is 5.16 Å². The molecule has 0 aliphatic heterocycles. The first-order chi connectivity index (χ1) is 9.23. The minimum absolute atomic E-state index is 0.642. The van der Waals surface area contributed by atoms with Crippen molar-refractivity contribution in [1.82, 2.24) is 9.97 Å². The van der Waals surface area contributed by atoms with Gasteiger partial charge in [0, 0.05) is 12.6 Å². The second-order valence-electron chi connectivity index (χ2n) is 4.57. The molecule has 1 rings (SSSR count). The van der Waals surface area contributed by atoms with E-state index in [1.54, 1.807) is 0 Å². The molecule has 1 atom stereocenters. The summed E-state index contributed by atoms with van der Waals surface area (Å²) in [5.74, 6) is 7.59. The van der Waals surface area contributed by atoms with Crippen LogP contribution in [0.1, 0.15) is 39.5 Å². The van der Waals surface area contributed by atoms with Gasteiger partial charge in [-0.2, -0.15) is 0 Å². The van der Waals surface area contributed by atoms with Gasteiger partial charge >= 0.3 is 0 Å². The van der Waals surface area contributed by atoms with E-state index in [0.29, 0.717) is 11.7 Å². The average Bonchev–Trinajstić information content (AvgIpc) is 2.47. The zero-order chi connectivity index (χ0) is 14.1. The molecule has 1 aromatic rings. The van der Waals surface area contributed by atoms with Gasteiger partial charge in [-0.3, -0.25) is 0 Å². The number of unbranched alkanes of at least 4 members (excludes halogenated alkanes) is 1. The highest BCUT2D eigenvalue weighted by molar-refractivity contribution is 7.98. The molecule has 5 nitrogen and oxygen atoms in total. The maximum atomic E-state index is 5.41. The number of hydrogen-bond donors (Lipinski definition) is 3. The van der Waals surface area contributed by atoms with Gasteiger partial charge in [0.25, 0.3) is 0 Å². The number of rotatable bonds is 9. The number of aromatic nitrogens is 2. The lowest BCUT2D eigenvalue weighted by Gasteiger charge is -2.16. The normalized spacial score (nSPS) is 12.2. The maximum Gasteiger partial charge on any atom is 0.191 e. The molecule has 1 aromatic heterocycles. The number of nitrogen functional groups attached to an aromatic ring is 1. The van der Waals surface area contributed by atoms with Gasteiger partial charge in [0.1, 0.15) is 11.6 Å². The third-order valence-electron chi connectivity index (χ3n) is 3.15. The van der Waals surface area contributed by atoms with Crippen LogP contribution >= 0.6 is 11.8 Å². The van der Waals surface area contributed by atoms with Crippen LogP contribution in [0.25, 0.3) is 0 Å². The van der Waals surface area contributed by atoms with Crippen LogP contribution in [0.15, 0.2) is 11.2 Å². The van der Waals surface area contributed by atoms with E-state index in [-0.39, 0.29) is 0 Å². The van der Waals surface area contributed by atoms with Crippen LogP contribution in [0.2, 0.25) is 0 Å². The van der Waals surface area contributed by atoms with E-state index in [1.165, 1.54) is 37.4 Å². The van der Waals surface area contributed by atoms with Crippen molar-refractivity contribution in [2.45, 2.75) is 44.7 Å². The van der Waals surface area contributed by atoms with E-state index in [1.807, 2.05) is 12.3 Å². The molecule has 19 heavy (non-hydrogen) atoms. The number of anilines is 2. The number of nitrogens with zero attached hydrogens (tertiary/aromatic N) is 2. The van der Waals surface area contributed by atoms with Crippen molar-refractivity contribution in [3.8, 4) is 0 Å². The van der Waals surface area contributed by atoms with Gasteiger partial charge in [0.05, 0.1) is 0 Å². The molecule has 0 amide bonds. The monoisotopic (exact) mass is 283 g/mol. The number of nitrogens with one attached hydrogen (secondary N) is 2. The van der Waals surface area contributed by atoms with Gasteiger partial charge < -0.3 is 10.7 Å². The summed E-state index contributed by atoms with van der Waals surface area (Å²) in [4.78, 5) is 8.67. The van der Waals surface area contributed by atoms with Crippen molar-refractivity contribution < 1.29 is 0 Å². The Bertz CT molecular complexity index is 350. The minimum Gasteiger partial charge on any atom is -0.370 e. The van der Waals surface area contributed by atoms with Crippen molar-refractivity contribution >= 4 is 23.4 Å². The highest BCUT2D eigenvalue weighted by atomic mass is 32.2. The van der Waals surface area contributed by atoms with Crippen LogP contribution in [0.5, 0.6) is 0 Å². The Morgan fingerprint density at radius 3 is 2.63 bits per heavy atom. The molecule has 6 heteroatoms. The van der Waals surface area contributed by atoms with Crippen LogP contribution < -0.4 is 16.6 Å². The lowest BCUT2D eigenvalue weighted by molar-refractivity contribution is 0.472. The highest BCUT2D eigenvalue weighted by Crippen LogP contribution is 2.18. The molecular weight excluding hydrogens is 258 g/mol. The van der Waals surface area contributed by atoms with Crippen molar-refractivity contribution in [3.63, 3.8) is 0 Å². The van der Waals surface area contributed by atoms with Crippen molar-refractivity contribution in [2.24, 2.45) is 11.8 Å². The Morgan fingerprint density at radius 2 is 2.05 bits per heavy atom. The molecule has 0 aromatic carbocycles. The molecule has 1 heterocycles. The third kappa shape index (κ3) is 5.65. The summed E-state index contributed by atoms with van der Waals surface area (Å²) in [6, 6.07) is 1.84. The van der Waals surface area contributed by atoms with Crippen molar-refractivity contribution in [2.75, 3.05) is 23.5 Å². The van der Waals surface area contributed by atoms with E-state index in [2.05, 4.69) is 34.6 Å². The average molecular weight is 283 g/mol. The molecule has 4 N–H and O–H groups in total. The van der Waals surface area contributed by atoms with Crippen molar-refractivity contribution in [3.05, 3.63) is 6.07 Å². The third-order valence-corrected chi connectivity index (χ3v) is 3.70. The predicted molar refractivity (Wildman–Crippen MR) is 83.4 cm³/mol. The van der Waals surface area contributed by atoms with Gasteiger partial charge in [-0.1, -0.05) is 44.9 Å². The lowest BCUT2D eigenvalue weighted by atomic mass is 9.99. The predicted octanol–water partition coefficient (Wildman–Crippen LogP) is 3.11. The molecule has 0 aliphatic carbocycles. The molecule has 0 spiro atoms.